The normalized spacial score (nSPS) is 10.1. The Hall–Kier alpha value is -0.830. The third kappa shape index (κ3) is 2.34. The van der Waals surface area contributed by atoms with Crippen molar-refractivity contribution in [2.75, 3.05) is 17.2 Å². The summed E-state index contributed by atoms with van der Waals surface area (Å²) in [4.78, 5) is 0. The van der Waals surface area contributed by atoms with Gasteiger partial charge in [-0.2, -0.15) is 11.8 Å². The zero-order chi connectivity index (χ0) is 8.97. The van der Waals surface area contributed by atoms with Crippen LogP contribution in [0, 0.1) is 0 Å². The van der Waals surface area contributed by atoms with Crippen molar-refractivity contribution in [2.45, 2.75) is 12.7 Å². The fourth-order valence-corrected chi connectivity index (χ4v) is 1.64. The van der Waals surface area contributed by atoms with Crippen molar-refractivity contribution in [1.29, 1.82) is 0 Å². The second kappa shape index (κ2) is 4.26. The van der Waals surface area contributed by atoms with E-state index in [0.717, 1.165) is 22.9 Å². The summed E-state index contributed by atoms with van der Waals surface area (Å²) in [7, 11) is 0. The number of rotatable bonds is 3. The highest BCUT2D eigenvalue weighted by atomic mass is 32.2. The van der Waals surface area contributed by atoms with Gasteiger partial charge in [0.05, 0.1) is 0 Å². The van der Waals surface area contributed by atoms with Gasteiger partial charge in [-0.3, -0.25) is 0 Å². The van der Waals surface area contributed by atoms with E-state index in [4.69, 9.17) is 11.5 Å². The fourth-order valence-electron chi connectivity index (χ4n) is 0.957. The van der Waals surface area contributed by atoms with Crippen LogP contribution in [0.2, 0.25) is 0 Å². The molecule has 3 heteroatoms. The van der Waals surface area contributed by atoms with Gasteiger partial charge in [-0.05, 0) is 23.4 Å². The first-order valence-electron chi connectivity index (χ1n) is 3.95. The summed E-state index contributed by atoms with van der Waals surface area (Å²) in [6.07, 6.45) is 0. The molecule has 4 N–H and O–H groups in total. The van der Waals surface area contributed by atoms with Crippen molar-refractivity contribution in [3.63, 3.8) is 0 Å². The van der Waals surface area contributed by atoms with Crippen LogP contribution in [0.15, 0.2) is 18.2 Å². The SMILES string of the molecule is CCSCc1ccc(N)cc1N. The molecule has 2 nitrogen and oxygen atoms in total. The smallest absolute Gasteiger partial charge is 0.0375 e. The predicted molar refractivity (Wildman–Crippen MR) is 57.1 cm³/mol. The Morgan fingerprint density at radius 1 is 1.33 bits per heavy atom. The van der Waals surface area contributed by atoms with Gasteiger partial charge >= 0.3 is 0 Å². The van der Waals surface area contributed by atoms with Crippen LogP contribution in [0.25, 0.3) is 0 Å². The number of anilines is 2. The summed E-state index contributed by atoms with van der Waals surface area (Å²) in [6.45, 7) is 2.14. The molecular weight excluding hydrogens is 168 g/mol. The lowest BCUT2D eigenvalue weighted by Gasteiger charge is -2.04. The molecule has 0 saturated heterocycles. The third-order valence-corrected chi connectivity index (χ3v) is 2.55. The summed E-state index contributed by atoms with van der Waals surface area (Å²) >= 11 is 1.86. The van der Waals surface area contributed by atoms with Crippen LogP contribution in [0.5, 0.6) is 0 Å². The minimum atomic E-state index is 0.734. The molecule has 0 amide bonds. The van der Waals surface area contributed by atoms with Gasteiger partial charge in [0.25, 0.3) is 0 Å². The van der Waals surface area contributed by atoms with Crippen molar-refractivity contribution in [3.05, 3.63) is 23.8 Å². The summed E-state index contributed by atoms with van der Waals surface area (Å²) < 4.78 is 0. The standard InChI is InChI=1S/C9H14N2S/c1-2-12-6-7-3-4-8(10)5-9(7)11/h3-5H,2,6,10-11H2,1H3. The second-order valence-corrected chi connectivity index (χ2v) is 3.87. The van der Waals surface area contributed by atoms with Gasteiger partial charge in [-0.1, -0.05) is 13.0 Å². The molecule has 0 radical (unpaired) electrons. The fraction of sp³-hybridized carbons (Fsp3) is 0.333. The van der Waals surface area contributed by atoms with Gasteiger partial charge in [0, 0.05) is 17.1 Å². The van der Waals surface area contributed by atoms with Crippen molar-refractivity contribution >= 4 is 23.1 Å². The molecule has 1 rings (SSSR count). The highest BCUT2D eigenvalue weighted by Crippen LogP contribution is 2.20. The zero-order valence-electron chi connectivity index (χ0n) is 7.21. The van der Waals surface area contributed by atoms with Crippen LogP contribution in [-0.2, 0) is 5.75 Å². The van der Waals surface area contributed by atoms with Crippen LogP contribution >= 0.6 is 11.8 Å². The number of nitrogen functional groups attached to an aromatic ring is 2. The lowest BCUT2D eigenvalue weighted by atomic mass is 10.2. The number of hydrogen-bond donors (Lipinski definition) is 2. The molecule has 0 bridgehead atoms. The van der Waals surface area contributed by atoms with E-state index in [1.807, 2.05) is 30.0 Å². The van der Waals surface area contributed by atoms with Gasteiger partial charge in [-0.25, -0.2) is 0 Å². The molecule has 66 valence electrons. The molecule has 0 aromatic heterocycles. The van der Waals surface area contributed by atoms with Crippen molar-refractivity contribution in [1.82, 2.24) is 0 Å². The molecule has 0 heterocycles. The first-order chi connectivity index (χ1) is 5.74. The molecule has 0 aliphatic rings. The highest BCUT2D eigenvalue weighted by molar-refractivity contribution is 7.98. The van der Waals surface area contributed by atoms with Gasteiger partial charge in [0.2, 0.25) is 0 Å². The van der Waals surface area contributed by atoms with E-state index in [1.54, 1.807) is 0 Å². The van der Waals surface area contributed by atoms with E-state index < -0.39 is 0 Å². The Balaban J connectivity index is 2.72. The lowest BCUT2D eigenvalue weighted by Crippen LogP contribution is -1.95. The van der Waals surface area contributed by atoms with Gasteiger partial charge < -0.3 is 11.5 Å². The van der Waals surface area contributed by atoms with Crippen LogP contribution in [0.1, 0.15) is 12.5 Å². The van der Waals surface area contributed by atoms with Crippen LogP contribution < -0.4 is 11.5 Å². The molecule has 0 fully saturated rings. The largest absolute Gasteiger partial charge is 0.399 e. The maximum Gasteiger partial charge on any atom is 0.0375 e. The molecule has 0 unspecified atom stereocenters. The molecule has 0 spiro atoms. The highest BCUT2D eigenvalue weighted by Gasteiger charge is 1.98. The number of thioether (sulfide) groups is 1. The van der Waals surface area contributed by atoms with Crippen molar-refractivity contribution < 1.29 is 0 Å². The van der Waals surface area contributed by atoms with E-state index in [9.17, 15) is 0 Å². The quantitative estimate of drug-likeness (QED) is 0.704. The number of benzene rings is 1. The van der Waals surface area contributed by atoms with E-state index in [-0.39, 0.29) is 0 Å². The Bertz CT molecular complexity index is 261. The van der Waals surface area contributed by atoms with E-state index in [2.05, 4.69) is 6.92 Å². The maximum atomic E-state index is 5.77. The Morgan fingerprint density at radius 3 is 2.67 bits per heavy atom. The second-order valence-electron chi connectivity index (χ2n) is 2.60. The topological polar surface area (TPSA) is 52.0 Å². The summed E-state index contributed by atoms with van der Waals surface area (Å²) in [5.41, 5.74) is 14.1. The summed E-state index contributed by atoms with van der Waals surface area (Å²) in [5.74, 6) is 2.09. The summed E-state index contributed by atoms with van der Waals surface area (Å²) in [6, 6.07) is 5.70. The monoisotopic (exact) mass is 182 g/mol. The van der Waals surface area contributed by atoms with E-state index in [0.29, 0.717) is 0 Å². The maximum absolute atomic E-state index is 5.77. The van der Waals surface area contributed by atoms with E-state index >= 15 is 0 Å². The molecule has 0 saturated carbocycles. The first kappa shape index (κ1) is 9.26. The van der Waals surface area contributed by atoms with Crippen molar-refractivity contribution in [3.8, 4) is 0 Å². The third-order valence-electron chi connectivity index (χ3n) is 1.63. The zero-order valence-corrected chi connectivity index (χ0v) is 8.03. The van der Waals surface area contributed by atoms with Crippen LogP contribution in [-0.4, -0.2) is 5.75 Å². The molecule has 0 aliphatic heterocycles. The molecule has 0 atom stereocenters. The molecule has 1 aromatic carbocycles. The lowest BCUT2D eigenvalue weighted by molar-refractivity contribution is 1.40. The number of nitrogens with two attached hydrogens (primary N) is 2. The number of hydrogen-bond acceptors (Lipinski definition) is 3. The minimum Gasteiger partial charge on any atom is -0.399 e. The average Bonchev–Trinajstić information content (AvgIpc) is 2.03. The average molecular weight is 182 g/mol. The van der Waals surface area contributed by atoms with Gasteiger partial charge in [0.15, 0.2) is 0 Å². The van der Waals surface area contributed by atoms with Gasteiger partial charge in [-0.15, -0.1) is 0 Å². The van der Waals surface area contributed by atoms with Crippen LogP contribution in [0.4, 0.5) is 11.4 Å². The Labute approximate surface area is 77.3 Å². The van der Waals surface area contributed by atoms with E-state index in [1.165, 1.54) is 5.56 Å². The van der Waals surface area contributed by atoms with Crippen molar-refractivity contribution in [2.24, 2.45) is 0 Å². The minimum absolute atomic E-state index is 0.734. The predicted octanol–water partition coefficient (Wildman–Crippen LogP) is 2.10. The Morgan fingerprint density at radius 2 is 2.08 bits per heavy atom. The molecule has 0 aliphatic carbocycles. The van der Waals surface area contributed by atoms with Gasteiger partial charge in [0.1, 0.15) is 0 Å². The molecular formula is C9H14N2S. The Kier molecular flexibility index (Phi) is 3.29. The summed E-state index contributed by atoms with van der Waals surface area (Å²) in [5, 5.41) is 0. The molecule has 12 heavy (non-hydrogen) atoms. The molecule has 1 aromatic rings. The first-order valence-corrected chi connectivity index (χ1v) is 5.11. The van der Waals surface area contributed by atoms with Crippen LogP contribution in [0.3, 0.4) is 0 Å².